The molecule has 25 heavy (non-hydrogen) atoms. The second kappa shape index (κ2) is 6.83. The molecule has 1 aliphatic carbocycles. The van der Waals surface area contributed by atoms with E-state index in [4.69, 9.17) is 3.07 Å². The quantitative estimate of drug-likeness (QED) is 0.582. The number of aliphatic hydroxyl groups is 1. The van der Waals surface area contributed by atoms with Crippen molar-refractivity contribution in [1.82, 2.24) is 0 Å². The minimum Gasteiger partial charge on any atom is -0.512 e. The molecule has 0 atom stereocenters. The Bertz CT molecular complexity index is 848. The summed E-state index contributed by atoms with van der Waals surface area (Å²) in [7, 11) is 0. The van der Waals surface area contributed by atoms with Gasteiger partial charge in [-0.2, -0.15) is 0 Å². The summed E-state index contributed by atoms with van der Waals surface area (Å²) in [6, 6.07) is 13.8. The van der Waals surface area contributed by atoms with Crippen LogP contribution in [-0.4, -0.2) is 10.9 Å². The highest BCUT2D eigenvalue weighted by Crippen LogP contribution is 2.40. The molecule has 1 N–H and O–H groups in total. The molecule has 0 aromatic heterocycles. The summed E-state index contributed by atoms with van der Waals surface area (Å²) in [5.41, 5.74) is 4.16. The topological polar surface area (TPSA) is 46.5 Å². The van der Waals surface area contributed by atoms with Gasteiger partial charge in [-0.25, -0.2) is 0 Å². The van der Waals surface area contributed by atoms with Crippen LogP contribution in [-0.2, 0) is 4.79 Å². The van der Waals surface area contributed by atoms with E-state index >= 15 is 0 Å². The fourth-order valence-corrected chi connectivity index (χ4v) is 3.66. The first kappa shape index (κ1) is 18.0. The first-order valence-electron chi connectivity index (χ1n) is 8.26. The van der Waals surface area contributed by atoms with Gasteiger partial charge >= 0.3 is 0 Å². The molecular weight excluding hydrogens is 427 g/mol. The maximum atomic E-state index is 12.7. The SMILES string of the molecule is Cc1ccc(-c2ccc(OI)cc2)cc1C1=C(O)CC(C)(C)CC1=O. The Morgan fingerprint density at radius 2 is 1.68 bits per heavy atom. The number of rotatable bonds is 3. The van der Waals surface area contributed by atoms with Crippen LogP contribution in [0.1, 0.15) is 37.8 Å². The summed E-state index contributed by atoms with van der Waals surface area (Å²) in [5, 5.41) is 10.5. The smallest absolute Gasteiger partial charge is 0.192 e. The van der Waals surface area contributed by atoms with Crippen molar-refractivity contribution in [2.75, 3.05) is 0 Å². The molecule has 0 spiro atoms. The van der Waals surface area contributed by atoms with Crippen molar-refractivity contribution < 1.29 is 13.0 Å². The van der Waals surface area contributed by atoms with Gasteiger partial charge in [-0.05, 0) is 52.8 Å². The lowest BCUT2D eigenvalue weighted by molar-refractivity contribution is -0.116. The number of benzene rings is 2. The minimum atomic E-state index is -0.189. The van der Waals surface area contributed by atoms with Gasteiger partial charge in [0, 0.05) is 12.8 Å². The van der Waals surface area contributed by atoms with E-state index in [1.807, 2.05) is 86.2 Å². The molecule has 1 aliphatic rings. The Hall–Kier alpha value is -1.82. The van der Waals surface area contributed by atoms with Crippen LogP contribution in [0.2, 0.25) is 0 Å². The van der Waals surface area contributed by atoms with E-state index in [0.717, 1.165) is 28.0 Å². The van der Waals surface area contributed by atoms with Crippen LogP contribution in [0.4, 0.5) is 0 Å². The van der Waals surface area contributed by atoms with Crippen molar-refractivity contribution in [1.29, 1.82) is 0 Å². The Morgan fingerprint density at radius 3 is 2.28 bits per heavy atom. The molecule has 3 rings (SSSR count). The molecule has 0 saturated carbocycles. The Kier molecular flexibility index (Phi) is 4.91. The average molecular weight is 448 g/mol. The number of aliphatic hydroxyl groups excluding tert-OH is 1. The van der Waals surface area contributed by atoms with Gasteiger partial charge in [0.05, 0.1) is 5.57 Å². The highest BCUT2D eigenvalue weighted by molar-refractivity contribution is 14.1. The van der Waals surface area contributed by atoms with Gasteiger partial charge in [0.1, 0.15) is 11.5 Å². The molecule has 0 radical (unpaired) electrons. The molecule has 0 unspecified atom stereocenters. The lowest BCUT2D eigenvalue weighted by Gasteiger charge is -2.30. The summed E-state index contributed by atoms with van der Waals surface area (Å²) >= 11 is 1.85. The van der Waals surface area contributed by atoms with Gasteiger partial charge < -0.3 is 8.17 Å². The highest BCUT2D eigenvalue weighted by atomic mass is 127. The fourth-order valence-electron chi connectivity index (χ4n) is 3.36. The number of carbonyl (C=O) groups is 1. The lowest BCUT2D eigenvalue weighted by Crippen LogP contribution is -2.25. The van der Waals surface area contributed by atoms with Crippen LogP contribution < -0.4 is 3.07 Å². The van der Waals surface area contributed by atoms with E-state index in [9.17, 15) is 9.90 Å². The molecule has 2 aromatic rings. The predicted octanol–water partition coefficient (Wildman–Crippen LogP) is 6.05. The standard InChI is InChI=1S/C21H21IO3/c1-13-4-5-15(14-6-8-16(25-22)9-7-14)10-17(13)20-18(23)11-21(2,3)12-19(20)24/h4-10,23H,11-12H2,1-3H3. The molecule has 4 heteroatoms. The predicted molar refractivity (Wildman–Crippen MR) is 109 cm³/mol. The molecule has 0 fully saturated rings. The summed E-state index contributed by atoms with van der Waals surface area (Å²) in [4.78, 5) is 12.7. The normalized spacial score (nSPS) is 16.9. The second-order valence-electron chi connectivity index (χ2n) is 7.39. The van der Waals surface area contributed by atoms with Gasteiger partial charge in [0.2, 0.25) is 0 Å². The summed E-state index contributed by atoms with van der Waals surface area (Å²) in [6.45, 7) is 6.00. The maximum absolute atomic E-state index is 12.7. The van der Waals surface area contributed by atoms with Gasteiger partial charge in [-0.15, -0.1) is 0 Å². The van der Waals surface area contributed by atoms with Crippen LogP contribution in [0.25, 0.3) is 16.7 Å². The number of hydrogen-bond donors (Lipinski definition) is 1. The minimum absolute atomic E-state index is 0.0164. The van der Waals surface area contributed by atoms with Crippen molar-refractivity contribution >= 4 is 34.4 Å². The Morgan fingerprint density at radius 1 is 1.04 bits per heavy atom. The summed E-state index contributed by atoms with van der Waals surface area (Å²) in [6.07, 6.45) is 0.983. The number of ketones is 1. The molecule has 130 valence electrons. The number of allylic oxidation sites excluding steroid dienone is 2. The van der Waals surface area contributed by atoms with Gasteiger partial charge in [-0.3, -0.25) is 4.79 Å². The number of aryl methyl sites for hydroxylation is 1. The third-order valence-electron chi connectivity index (χ3n) is 4.64. The van der Waals surface area contributed by atoms with Gasteiger partial charge in [0.25, 0.3) is 0 Å². The van der Waals surface area contributed by atoms with E-state index < -0.39 is 0 Å². The van der Waals surface area contributed by atoms with Crippen molar-refractivity contribution in [3.05, 3.63) is 59.4 Å². The number of carbonyl (C=O) groups excluding carboxylic acids is 1. The Labute approximate surface area is 162 Å². The lowest BCUT2D eigenvalue weighted by atomic mass is 9.74. The summed E-state index contributed by atoms with van der Waals surface area (Å²) in [5.74, 6) is 1.01. The van der Waals surface area contributed by atoms with Crippen molar-refractivity contribution in [2.45, 2.75) is 33.6 Å². The number of Topliss-reactive ketones (excluding diaryl/α,β-unsaturated/α-hetero) is 1. The average Bonchev–Trinajstić information content (AvgIpc) is 2.55. The first-order valence-corrected chi connectivity index (χ1v) is 9.14. The van der Waals surface area contributed by atoms with E-state index in [0.29, 0.717) is 18.4 Å². The molecule has 0 aliphatic heterocycles. The van der Waals surface area contributed by atoms with E-state index in [-0.39, 0.29) is 17.0 Å². The molecular formula is C21H21IO3. The maximum Gasteiger partial charge on any atom is 0.192 e. The molecule has 0 saturated heterocycles. The summed E-state index contributed by atoms with van der Waals surface area (Å²) < 4.78 is 5.18. The zero-order chi connectivity index (χ0) is 18.2. The fraction of sp³-hybridized carbons (Fsp3) is 0.286. The zero-order valence-electron chi connectivity index (χ0n) is 14.6. The number of hydrogen-bond acceptors (Lipinski definition) is 3. The Balaban J connectivity index is 2.07. The molecule has 0 bridgehead atoms. The van der Waals surface area contributed by atoms with E-state index in [1.54, 1.807) is 0 Å². The zero-order valence-corrected chi connectivity index (χ0v) is 16.8. The van der Waals surface area contributed by atoms with Crippen LogP contribution in [0, 0.1) is 12.3 Å². The van der Waals surface area contributed by atoms with E-state index in [1.165, 1.54) is 0 Å². The van der Waals surface area contributed by atoms with Gasteiger partial charge in [0.15, 0.2) is 28.8 Å². The van der Waals surface area contributed by atoms with E-state index in [2.05, 4.69) is 0 Å². The second-order valence-corrected chi connectivity index (χ2v) is 7.83. The molecule has 0 heterocycles. The van der Waals surface area contributed by atoms with Crippen LogP contribution >= 0.6 is 23.0 Å². The largest absolute Gasteiger partial charge is 0.512 e. The third-order valence-corrected chi connectivity index (χ3v) is 5.14. The molecule has 2 aromatic carbocycles. The number of halogens is 1. The van der Waals surface area contributed by atoms with Crippen molar-refractivity contribution in [3.8, 4) is 16.9 Å². The molecule has 3 nitrogen and oxygen atoms in total. The first-order chi connectivity index (χ1) is 11.8. The van der Waals surface area contributed by atoms with Crippen LogP contribution in [0.15, 0.2) is 48.2 Å². The highest BCUT2D eigenvalue weighted by Gasteiger charge is 2.34. The van der Waals surface area contributed by atoms with Crippen LogP contribution in [0.3, 0.4) is 0 Å². The van der Waals surface area contributed by atoms with Crippen molar-refractivity contribution in [2.24, 2.45) is 5.41 Å². The van der Waals surface area contributed by atoms with Crippen molar-refractivity contribution in [3.63, 3.8) is 0 Å². The molecule has 0 amide bonds. The van der Waals surface area contributed by atoms with Crippen LogP contribution in [0.5, 0.6) is 5.75 Å². The third kappa shape index (κ3) is 3.73. The monoisotopic (exact) mass is 448 g/mol. The van der Waals surface area contributed by atoms with Gasteiger partial charge in [-0.1, -0.05) is 38.1 Å².